The van der Waals surface area contributed by atoms with E-state index >= 15 is 0 Å². The Hall–Kier alpha value is -1.78. The molecule has 1 heterocycles. The van der Waals surface area contributed by atoms with E-state index in [0.29, 0.717) is 5.39 Å². The van der Waals surface area contributed by atoms with Gasteiger partial charge in [0.15, 0.2) is 0 Å². The molecule has 0 spiro atoms. The molecule has 0 aliphatic carbocycles. The minimum Gasteiger partial charge on any atom is -0.310 e. The van der Waals surface area contributed by atoms with Gasteiger partial charge >= 0.3 is 0 Å². The lowest BCUT2D eigenvalue weighted by molar-refractivity contribution is 0.555. The van der Waals surface area contributed by atoms with Gasteiger partial charge in [0, 0.05) is 28.9 Å². The molecule has 0 saturated heterocycles. The molecule has 0 aliphatic heterocycles. The highest BCUT2D eigenvalue weighted by molar-refractivity contribution is 7.09. The van der Waals surface area contributed by atoms with Crippen LogP contribution in [0.25, 0.3) is 10.8 Å². The van der Waals surface area contributed by atoms with Crippen molar-refractivity contribution in [3.05, 3.63) is 64.4 Å². The van der Waals surface area contributed by atoms with Crippen LogP contribution in [0.15, 0.2) is 48.1 Å². The smallest absolute Gasteiger partial charge is 0.131 e. The molecule has 1 aromatic heterocycles. The van der Waals surface area contributed by atoms with Crippen LogP contribution in [0.3, 0.4) is 0 Å². The maximum absolute atomic E-state index is 14.0. The number of hydrogen-bond donors (Lipinski definition) is 1. The van der Waals surface area contributed by atoms with Crippen molar-refractivity contribution in [2.24, 2.45) is 0 Å². The number of nitrogens with one attached hydrogen (secondary N) is 1. The van der Waals surface area contributed by atoms with E-state index in [4.69, 9.17) is 0 Å². The van der Waals surface area contributed by atoms with Crippen molar-refractivity contribution in [2.45, 2.75) is 19.4 Å². The Balaban J connectivity index is 2.05. The summed E-state index contributed by atoms with van der Waals surface area (Å²) in [6.45, 7) is 2.96. The zero-order valence-corrected chi connectivity index (χ0v) is 12.7. The minimum atomic E-state index is -0.164. The fraction of sp³-hybridized carbons (Fsp3) is 0.235. The third kappa shape index (κ3) is 2.96. The largest absolute Gasteiger partial charge is 0.310 e. The first-order valence-corrected chi connectivity index (χ1v) is 7.95. The Morgan fingerprint density at radius 2 is 2.00 bits per heavy atom. The predicted octanol–water partition coefficient (Wildman–Crippen LogP) is 4.33. The topological polar surface area (TPSA) is 24.9 Å². The van der Waals surface area contributed by atoms with Crippen LogP contribution in [-0.4, -0.2) is 11.5 Å². The van der Waals surface area contributed by atoms with Gasteiger partial charge < -0.3 is 5.32 Å². The van der Waals surface area contributed by atoms with Gasteiger partial charge in [-0.1, -0.05) is 37.3 Å². The van der Waals surface area contributed by atoms with E-state index in [-0.39, 0.29) is 11.9 Å². The van der Waals surface area contributed by atoms with E-state index < -0.39 is 0 Å². The van der Waals surface area contributed by atoms with Crippen molar-refractivity contribution in [1.82, 2.24) is 10.3 Å². The molecule has 2 nitrogen and oxygen atoms in total. The third-order valence-electron chi connectivity index (χ3n) is 3.62. The van der Waals surface area contributed by atoms with Crippen molar-refractivity contribution < 1.29 is 4.39 Å². The van der Waals surface area contributed by atoms with Gasteiger partial charge in [0.2, 0.25) is 0 Å². The van der Waals surface area contributed by atoms with Crippen LogP contribution >= 0.6 is 11.3 Å². The summed E-state index contributed by atoms with van der Waals surface area (Å²) in [6.07, 6.45) is 2.77. The number of hydrogen-bond acceptors (Lipinski definition) is 3. The normalized spacial score (nSPS) is 12.7. The number of thiazole rings is 1. The monoisotopic (exact) mass is 300 g/mol. The molecular weight excluding hydrogens is 283 g/mol. The van der Waals surface area contributed by atoms with Gasteiger partial charge in [0.1, 0.15) is 5.82 Å². The molecule has 3 aromatic rings. The Labute approximate surface area is 127 Å². The van der Waals surface area contributed by atoms with Gasteiger partial charge in [0.25, 0.3) is 0 Å². The predicted molar refractivity (Wildman–Crippen MR) is 86.1 cm³/mol. The Morgan fingerprint density at radius 3 is 2.71 bits per heavy atom. The number of likely N-dealkylation sites (N-methyl/N-ethyl adjacent to an activating group) is 1. The van der Waals surface area contributed by atoms with E-state index in [1.54, 1.807) is 17.4 Å². The standard InChI is InChI=1S/C17H17FN2S/c1-2-20-17(9-12-10-19-11-21-12)15-7-8-16(18)14-6-4-3-5-13(14)15/h3-8,10-11,17,20H,2,9H2,1H3. The number of fused-ring (bicyclic) bond motifs is 1. The van der Waals surface area contributed by atoms with Gasteiger partial charge in [-0.25, -0.2) is 4.39 Å². The highest BCUT2D eigenvalue weighted by atomic mass is 32.1. The SMILES string of the molecule is CCNC(Cc1cncs1)c1ccc(F)c2ccccc12. The van der Waals surface area contributed by atoms with Crippen LogP contribution in [0.2, 0.25) is 0 Å². The molecule has 0 radical (unpaired) electrons. The molecule has 2 aromatic carbocycles. The van der Waals surface area contributed by atoms with E-state index in [9.17, 15) is 4.39 Å². The minimum absolute atomic E-state index is 0.164. The number of halogens is 1. The number of benzene rings is 2. The first-order chi connectivity index (χ1) is 10.3. The summed E-state index contributed by atoms with van der Waals surface area (Å²) >= 11 is 1.66. The summed E-state index contributed by atoms with van der Waals surface area (Å²) < 4.78 is 14.0. The second-order valence-electron chi connectivity index (χ2n) is 4.96. The lowest BCUT2D eigenvalue weighted by Crippen LogP contribution is -2.23. The fourth-order valence-electron chi connectivity index (χ4n) is 2.67. The molecular formula is C17H17FN2S. The summed E-state index contributed by atoms with van der Waals surface area (Å²) in [4.78, 5) is 5.37. The summed E-state index contributed by atoms with van der Waals surface area (Å²) in [6, 6.07) is 11.3. The van der Waals surface area contributed by atoms with Crippen molar-refractivity contribution in [3.8, 4) is 0 Å². The zero-order valence-electron chi connectivity index (χ0n) is 11.8. The van der Waals surface area contributed by atoms with Gasteiger partial charge in [0.05, 0.1) is 5.51 Å². The molecule has 0 fully saturated rings. The molecule has 0 bridgehead atoms. The van der Waals surface area contributed by atoms with Crippen LogP contribution in [0.5, 0.6) is 0 Å². The molecule has 0 aliphatic rings. The van der Waals surface area contributed by atoms with E-state index in [0.717, 1.165) is 23.9 Å². The average Bonchev–Trinajstić information content (AvgIpc) is 3.01. The highest BCUT2D eigenvalue weighted by Gasteiger charge is 2.16. The van der Waals surface area contributed by atoms with Crippen molar-refractivity contribution in [3.63, 3.8) is 0 Å². The summed E-state index contributed by atoms with van der Waals surface area (Å²) in [5, 5.41) is 5.17. The van der Waals surface area contributed by atoms with E-state index in [1.165, 1.54) is 4.88 Å². The van der Waals surface area contributed by atoms with E-state index in [2.05, 4.69) is 17.2 Å². The lowest BCUT2D eigenvalue weighted by atomic mass is 9.96. The number of rotatable bonds is 5. The quantitative estimate of drug-likeness (QED) is 0.758. The Bertz CT molecular complexity index is 725. The maximum atomic E-state index is 14.0. The molecule has 21 heavy (non-hydrogen) atoms. The molecule has 4 heteroatoms. The summed E-state index contributed by atoms with van der Waals surface area (Å²) in [5.41, 5.74) is 2.99. The Kier molecular flexibility index (Phi) is 4.27. The van der Waals surface area contributed by atoms with Crippen LogP contribution in [0, 0.1) is 5.82 Å². The number of nitrogens with zero attached hydrogens (tertiary/aromatic N) is 1. The fourth-order valence-corrected chi connectivity index (χ4v) is 3.31. The first-order valence-electron chi connectivity index (χ1n) is 7.07. The maximum Gasteiger partial charge on any atom is 0.131 e. The molecule has 0 saturated carbocycles. The van der Waals surface area contributed by atoms with Crippen molar-refractivity contribution in [2.75, 3.05) is 6.54 Å². The molecule has 108 valence electrons. The molecule has 1 atom stereocenters. The molecule has 1 unspecified atom stereocenters. The van der Waals surface area contributed by atoms with E-state index in [1.807, 2.05) is 42.0 Å². The van der Waals surface area contributed by atoms with Crippen LogP contribution in [0.1, 0.15) is 23.4 Å². The number of aromatic nitrogens is 1. The Morgan fingerprint density at radius 1 is 1.19 bits per heavy atom. The third-order valence-corrected chi connectivity index (χ3v) is 4.42. The molecule has 0 amide bonds. The summed E-state index contributed by atoms with van der Waals surface area (Å²) in [5.74, 6) is -0.164. The second-order valence-corrected chi connectivity index (χ2v) is 5.94. The van der Waals surface area contributed by atoms with Crippen LogP contribution in [-0.2, 0) is 6.42 Å². The average molecular weight is 300 g/mol. The van der Waals surface area contributed by atoms with Crippen molar-refractivity contribution in [1.29, 1.82) is 0 Å². The van der Waals surface area contributed by atoms with Gasteiger partial charge in [-0.05, 0) is 23.6 Å². The van der Waals surface area contributed by atoms with Crippen LogP contribution < -0.4 is 5.32 Å². The van der Waals surface area contributed by atoms with Crippen LogP contribution in [0.4, 0.5) is 4.39 Å². The van der Waals surface area contributed by atoms with Gasteiger partial charge in [-0.2, -0.15) is 0 Å². The zero-order chi connectivity index (χ0) is 14.7. The summed E-state index contributed by atoms with van der Waals surface area (Å²) in [7, 11) is 0. The first kappa shape index (κ1) is 14.2. The molecule has 3 rings (SSSR count). The van der Waals surface area contributed by atoms with Gasteiger partial charge in [-0.3, -0.25) is 4.98 Å². The second kappa shape index (κ2) is 6.33. The van der Waals surface area contributed by atoms with Gasteiger partial charge in [-0.15, -0.1) is 11.3 Å². The van der Waals surface area contributed by atoms with Crippen molar-refractivity contribution >= 4 is 22.1 Å². The lowest BCUT2D eigenvalue weighted by Gasteiger charge is -2.20. The highest BCUT2D eigenvalue weighted by Crippen LogP contribution is 2.29. The molecule has 1 N–H and O–H groups in total.